The van der Waals surface area contributed by atoms with Crippen LogP contribution in [-0.4, -0.2) is 41.5 Å². The van der Waals surface area contributed by atoms with E-state index in [1.807, 2.05) is 41.7 Å². The normalized spacial score (nSPS) is 18.1. The molecule has 0 aromatic heterocycles. The zero-order valence-electron chi connectivity index (χ0n) is 17.3. The van der Waals surface area contributed by atoms with E-state index in [0.29, 0.717) is 24.6 Å². The Morgan fingerprint density at radius 2 is 1.75 bits per heavy atom. The van der Waals surface area contributed by atoms with Crippen molar-refractivity contribution in [3.05, 3.63) is 77.4 Å². The number of nitrogens with one attached hydrogen (secondary N) is 3. The molecule has 4 N–H and O–H groups in total. The van der Waals surface area contributed by atoms with Crippen LogP contribution in [0, 0.1) is 11.6 Å². The number of aliphatic hydroxyl groups excluding tert-OH is 1. The number of hydrogen-bond donors (Lipinski definition) is 4. The van der Waals surface area contributed by atoms with Gasteiger partial charge in [-0.1, -0.05) is 36.4 Å². The Kier molecular flexibility index (Phi) is 7.45. The molecule has 3 amide bonds. The highest BCUT2D eigenvalue weighted by atomic mass is 19.1. The maximum Gasteiger partial charge on any atom is 0.260 e. The van der Waals surface area contributed by atoms with Crippen molar-refractivity contribution in [2.75, 3.05) is 6.54 Å². The van der Waals surface area contributed by atoms with Gasteiger partial charge in [-0.2, -0.15) is 0 Å². The maximum absolute atomic E-state index is 13.3. The van der Waals surface area contributed by atoms with Crippen LogP contribution >= 0.6 is 0 Å². The lowest BCUT2D eigenvalue weighted by atomic mass is 9.96. The summed E-state index contributed by atoms with van der Waals surface area (Å²) in [4.78, 5) is 37.4. The highest BCUT2D eigenvalue weighted by Gasteiger charge is 2.30. The molecule has 2 aromatic rings. The van der Waals surface area contributed by atoms with Gasteiger partial charge in [-0.3, -0.25) is 25.0 Å². The van der Waals surface area contributed by atoms with E-state index in [1.54, 1.807) is 0 Å². The molecule has 0 saturated carbocycles. The first-order valence-electron chi connectivity index (χ1n) is 10.0. The lowest BCUT2D eigenvalue weighted by Crippen LogP contribution is -2.53. The number of aliphatic hydroxyl groups is 1. The molecule has 2 aromatic carbocycles. The summed E-state index contributed by atoms with van der Waals surface area (Å²) in [6, 6.07) is 9.56. The number of imide groups is 1. The van der Waals surface area contributed by atoms with Gasteiger partial charge >= 0.3 is 0 Å². The maximum atomic E-state index is 13.3. The molecule has 3 atom stereocenters. The first kappa shape index (κ1) is 23.2. The summed E-state index contributed by atoms with van der Waals surface area (Å²) in [5, 5.41) is 17.8. The summed E-state index contributed by atoms with van der Waals surface area (Å²) < 4.78 is 26.7. The predicted molar refractivity (Wildman–Crippen MR) is 113 cm³/mol. The fourth-order valence-electron chi connectivity index (χ4n) is 3.37. The minimum atomic E-state index is -1.95. The zero-order valence-corrected chi connectivity index (χ0v) is 17.3. The van der Waals surface area contributed by atoms with E-state index in [2.05, 4.69) is 10.6 Å². The van der Waals surface area contributed by atoms with E-state index >= 15 is 0 Å². The molecule has 0 spiro atoms. The van der Waals surface area contributed by atoms with Gasteiger partial charge in [-0.05, 0) is 42.2 Å². The van der Waals surface area contributed by atoms with Crippen molar-refractivity contribution in [3.8, 4) is 0 Å². The number of hydrogen-bond acceptors (Lipinski definition) is 5. The van der Waals surface area contributed by atoms with Gasteiger partial charge in [0, 0.05) is 12.6 Å². The Labute approximate surface area is 183 Å². The van der Waals surface area contributed by atoms with Crippen LogP contribution in [0.1, 0.15) is 30.6 Å². The Balaban J connectivity index is 1.70. The van der Waals surface area contributed by atoms with E-state index in [9.17, 15) is 28.3 Å². The van der Waals surface area contributed by atoms with Gasteiger partial charge in [-0.15, -0.1) is 0 Å². The Bertz CT molecular complexity index is 1020. The van der Waals surface area contributed by atoms with Crippen LogP contribution < -0.4 is 16.0 Å². The number of carbonyl (C=O) groups excluding carboxylic acids is 3. The standard InChI is InChI=1S/C23H23F2N3O4/c1-13(21(30)28-23(32)20(29)15-10-16(24)12-17(25)11-15)27-19-18(8-5-9-26-22(19)31)14-6-3-2-4-7-14/h2-4,6-8,10-13,19-20,27,29H,5,9H2,1H3,(H,26,31)(H,28,30,32)/t13-,19-,20+/m0/s1. The topological polar surface area (TPSA) is 108 Å². The quantitative estimate of drug-likeness (QED) is 0.543. The van der Waals surface area contributed by atoms with Crippen molar-refractivity contribution in [1.29, 1.82) is 0 Å². The highest BCUT2D eigenvalue weighted by Crippen LogP contribution is 2.22. The SMILES string of the molecule is C[C@H](N[C@@H]1C(=O)NCCC=C1c1ccccc1)C(=O)NC(=O)[C@H](O)c1cc(F)cc(F)c1. The molecule has 0 radical (unpaired) electrons. The van der Waals surface area contributed by atoms with Crippen LogP contribution in [0.5, 0.6) is 0 Å². The van der Waals surface area contributed by atoms with Gasteiger partial charge in [0.2, 0.25) is 11.8 Å². The number of amides is 3. The first-order chi connectivity index (χ1) is 15.3. The molecule has 168 valence electrons. The minimum Gasteiger partial charge on any atom is -0.378 e. The van der Waals surface area contributed by atoms with Gasteiger partial charge in [0.1, 0.15) is 17.7 Å². The summed E-state index contributed by atoms with van der Waals surface area (Å²) in [5.41, 5.74) is 1.18. The van der Waals surface area contributed by atoms with Gasteiger partial charge in [0.25, 0.3) is 5.91 Å². The van der Waals surface area contributed by atoms with Gasteiger partial charge in [0.05, 0.1) is 6.04 Å². The van der Waals surface area contributed by atoms with Gasteiger partial charge in [-0.25, -0.2) is 8.78 Å². The molecule has 0 unspecified atom stereocenters. The van der Waals surface area contributed by atoms with Crippen molar-refractivity contribution in [3.63, 3.8) is 0 Å². The van der Waals surface area contributed by atoms with E-state index in [1.165, 1.54) is 6.92 Å². The molecular formula is C23H23F2N3O4. The molecule has 0 aliphatic carbocycles. The van der Waals surface area contributed by atoms with Crippen molar-refractivity contribution in [2.45, 2.75) is 31.5 Å². The highest BCUT2D eigenvalue weighted by molar-refractivity contribution is 6.01. The summed E-state index contributed by atoms with van der Waals surface area (Å²) in [7, 11) is 0. The first-order valence-corrected chi connectivity index (χ1v) is 10.0. The molecule has 0 bridgehead atoms. The fourth-order valence-corrected chi connectivity index (χ4v) is 3.37. The van der Waals surface area contributed by atoms with Gasteiger partial charge < -0.3 is 10.4 Å². The number of halogens is 2. The molecule has 1 aliphatic rings. The Morgan fingerprint density at radius 1 is 1.09 bits per heavy atom. The van der Waals surface area contributed by atoms with Crippen LogP contribution in [0.25, 0.3) is 5.57 Å². The molecule has 32 heavy (non-hydrogen) atoms. The van der Waals surface area contributed by atoms with Crippen LogP contribution in [0.3, 0.4) is 0 Å². The minimum absolute atomic E-state index is 0.321. The Morgan fingerprint density at radius 3 is 2.41 bits per heavy atom. The van der Waals surface area contributed by atoms with Gasteiger partial charge in [0.15, 0.2) is 6.10 Å². The lowest BCUT2D eigenvalue weighted by molar-refractivity contribution is -0.136. The smallest absolute Gasteiger partial charge is 0.260 e. The van der Waals surface area contributed by atoms with Crippen LogP contribution in [0.4, 0.5) is 8.78 Å². The molecule has 9 heteroatoms. The second-order valence-corrected chi connectivity index (χ2v) is 7.39. The largest absolute Gasteiger partial charge is 0.378 e. The summed E-state index contributed by atoms with van der Waals surface area (Å²) >= 11 is 0. The van der Waals surface area contributed by atoms with E-state index in [4.69, 9.17) is 0 Å². The number of carbonyl (C=O) groups is 3. The zero-order chi connectivity index (χ0) is 23.3. The number of benzene rings is 2. The predicted octanol–water partition coefficient (Wildman–Crippen LogP) is 1.59. The average Bonchev–Trinajstić information content (AvgIpc) is 2.94. The molecule has 7 nitrogen and oxygen atoms in total. The fraction of sp³-hybridized carbons (Fsp3) is 0.261. The molecule has 3 rings (SSSR count). The molecule has 0 saturated heterocycles. The second-order valence-electron chi connectivity index (χ2n) is 7.39. The molecule has 0 fully saturated rings. The van der Waals surface area contributed by atoms with Crippen LogP contribution in [0.2, 0.25) is 0 Å². The monoisotopic (exact) mass is 443 g/mol. The third-order valence-corrected chi connectivity index (χ3v) is 4.99. The van der Waals surface area contributed by atoms with Crippen molar-refractivity contribution < 1.29 is 28.3 Å². The Hall–Kier alpha value is -3.43. The molecular weight excluding hydrogens is 420 g/mol. The van der Waals surface area contributed by atoms with Crippen molar-refractivity contribution in [1.82, 2.24) is 16.0 Å². The molecule has 1 heterocycles. The van der Waals surface area contributed by atoms with Crippen molar-refractivity contribution in [2.24, 2.45) is 0 Å². The van der Waals surface area contributed by atoms with Crippen LogP contribution in [0.15, 0.2) is 54.6 Å². The summed E-state index contributed by atoms with van der Waals surface area (Å²) in [5.74, 6) is -4.20. The van der Waals surface area contributed by atoms with E-state index in [0.717, 1.165) is 17.7 Å². The summed E-state index contributed by atoms with van der Waals surface area (Å²) in [6.07, 6.45) is 0.573. The number of rotatable bonds is 6. The third-order valence-electron chi connectivity index (χ3n) is 4.99. The van der Waals surface area contributed by atoms with Crippen LogP contribution in [-0.2, 0) is 14.4 Å². The average molecular weight is 443 g/mol. The van der Waals surface area contributed by atoms with Crippen molar-refractivity contribution >= 4 is 23.3 Å². The lowest BCUT2D eigenvalue weighted by Gasteiger charge is -2.24. The van der Waals surface area contributed by atoms with E-state index < -0.39 is 41.6 Å². The second kappa shape index (κ2) is 10.3. The molecule has 1 aliphatic heterocycles. The van der Waals surface area contributed by atoms with E-state index in [-0.39, 0.29) is 11.5 Å². The third kappa shape index (κ3) is 5.63. The summed E-state index contributed by atoms with van der Waals surface area (Å²) in [6.45, 7) is 1.90.